The number of allylic oxidation sites excluding steroid dienone is 1. The molecule has 2 atom stereocenters. The van der Waals surface area contributed by atoms with E-state index in [1.54, 1.807) is 32.1 Å². The van der Waals surface area contributed by atoms with E-state index in [2.05, 4.69) is 6.58 Å². The summed E-state index contributed by atoms with van der Waals surface area (Å²) in [6.45, 7) is 9.54. The van der Waals surface area contributed by atoms with Crippen molar-refractivity contribution < 1.29 is 19.0 Å². The maximum absolute atomic E-state index is 12.2. The Morgan fingerprint density at radius 3 is 2.45 bits per heavy atom. The van der Waals surface area contributed by atoms with Crippen molar-refractivity contribution in [3.8, 4) is 11.5 Å². The molecule has 0 aliphatic carbocycles. The molecule has 29 heavy (non-hydrogen) atoms. The SMILES string of the molecule is C=CCC(Cc1ccccc1OC(C)Oc1c(Cl)cc(C)cc1Cl)C(=O)OCC. The summed E-state index contributed by atoms with van der Waals surface area (Å²) >= 11 is 12.5. The lowest BCUT2D eigenvalue weighted by Crippen LogP contribution is -2.23. The highest BCUT2D eigenvalue weighted by Gasteiger charge is 2.21. The zero-order chi connectivity index (χ0) is 21.4. The summed E-state index contributed by atoms with van der Waals surface area (Å²) in [6, 6.07) is 11.1. The van der Waals surface area contributed by atoms with Gasteiger partial charge in [-0.3, -0.25) is 4.79 Å². The first-order valence-corrected chi connectivity index (χ1v) is 10.3. The summed E-state index contributed by atoms with van der Waals surface area (Å²) < 4.78 is 17.0. The van der Waals surface area contributed by atoms with Crippen molar-refractivity contribution in [3.63, 3.8) is 0 Å². The van der Waals surface area contributed by atoms with Crippen LogP contribution in [0.25, 0.3) is 0 Å². The van der Waals surface area contributed by atoms with E-state index in [1.807, 2.05) is 31.2 Å². The zero-order valence-corrected chi connectivity index (χ0v) is 18.4. The van der Waals surface area contributed by atoms with E-state index >= 15 is 0 Å². The van der Waals surface area contributed by atoms with Crippen LogP contribution in [0.3, 0.4) is 0 Å². The van der Waals surface area contributed by atoms with Gasteiger partial charge in [0.25, 0.3) is 0 Å². The molecule has 2 unspecified atom stereocenters. The van der Waals surface area contributed by atoms with Crippen molar-refractivity contribution in [2.75, 3.05) is 6.61 Å². The lowest BCUT2D eigenvalue weighted by molar-refractivity contribution is -0.147. The molecular weight excluding hydrogens is 411 g/mol. The maximum Gasteiger partial charge on any atom is 0.309 e. The van der Waals surface area contributed by atoms with Gasteiger partial charge in [-0.1, -0.05) is 47.5 Å². The van der Waals surface area contributed by atoms with Crippen LogP contribution in [-0.4, -0.2) is 18.9 Å². The van der Waals surface area contributed by atoms with E-state index in [9.17, 15) is 4.79 Å². The minimum atomic E-state index is -0.644. The lowest BCUT2D eigenvalue weighted by Gasteiger charge is -2.21. The highest BCUT2D eigenvalue weighted by Crippen LogP contribution is 2.35. The monoisotopic (exact) mass is 436 g/mol. The summed E-state index contributed by atoms with van der Waals surface area (Å²) in [6.07, 6.45) is 2.07. The molecule has 0 fully saturated rings. The van der Waals surface area contributed by atoms with Gasteiger partial charge in [-0.15, -0.1) is 6.58 Å². The van der Waals surface area contributed by atoms with E-state index < -0.39 is 6.29 Å². The van der Waals surface area contributed by atoms with E-state index in [4.69, 9.17) is 37.4 Å². The van der Waals surface area contributed by atoms with Crippen LogP contribution in [0, 0.1) is 12.8 Å². The molecule has 2 aromatic rings. The van der Waals surface area contributed by atoms with Crippen LogP contribution >= 0.6 is 23.2 Å². The molecule has 2 aromatic carbocycles. The number of hydrogen-bond acceptors (Lipinski definition) is 4. The Labute approximate surface area is 182 Å². The smallest absolute Gasteiger partial charge is 0.309 e. The third-order valence-electron chi connectivity index (χ3n) is 4.23. The van der Waals surface area contributed by atoms with Gasteiger partial charge in [0, 0.05) is 6.92 Å². The summed E-state index contributed by atoms with van der Waals surface area (Å²) in [4.78, 5) is 12.2. The normalized spacial score (nSPS) is 12.7. The number of benzene rings is 2. The molecule has 0 amide bonds. The second-order valence-electron chi connectivity index (χ2n) is 6.65. The molecule has 0 heterocycles. The molecular formula is C23H26Cl2O4. The van der Waals surface area contributed by atoms with Crippen LogP contribution in [0.15, 0.2) is 49.1 Å². The van der Waals surface area contributed by atoms with Crippen LogP contribution in [0.1, 0.15) is 31.4 Å². The van der Waals surface area contributed by atoms with Crippen molar-refractivity contribution in [2.24, 2.45) is 5.92 Å². The number of halogens is 2. The summed E-state index contributed by atoms with van der Waals surface area (Å²) in [5, 5.41) is 0.846. The number of esters is 1. The highest BCUT2D eigenvalue weighted by molar-refractivity contribution is 6.37. The average molecular weight is 437 g/mol. The van der Waals surface area contributed by atoms with Crippen LogP contribution in [0.5, 0.6) is 11.5 Å². The average Bonchev–Trinajstić information content (AvgIpc) is 2.66. The van der Waals surface area contributed by atoms with Crippen LogP contribution in [0.2, 0.25) is 10.0 Å². The number of carbonyl (C=O) groups excluding carboxylic acids is 1. The van der Waals surface area contributed by atoms with Crippen LogP contribution < -0.4 is 9.47 Å². The van der Waals surface area contributed by atoms with Crippen molar-refractivity contribution >= 4 is 29.2 Å². The minimum Gasteiger partial charge on any atom is -0.466 e. The standard InChI is InChI=1S/C23H26Cl2O4/c1-5-9-18(23(26)27-6-2)14-17-10-7-8-11-21(17)28-16(4)29-22-19(24)12-15(3)13-20(22)25/h5,7-8,10-13,16,18H,1,6,9,14H2,2-4H3. The molecule has 2 rings (SSSR count). The first-order chi connectivity index (χ1) is 13.8. The zero-order valence-electron chi connectivity index (χ0n) is 16.9. The van der Waals surface area contributed by atoms with Crippen molar-refractivity contribution in [3.05, 3.63) is 70.2 Å². The Morgan fingerprint density at radius 1 is 1.17 bits per heavy atom. The van der Waals surface area contributed by atoms with Gasteiger partial charge in [0.2, 0.25) is 6.29 Å². The van der Waals surface area contributed by atoms with E-state index in [0.29, 0.717) is 41.0 Å². The fourth-order valence-electron chi connectivity index (χ4n) is 2.95. The fourth-order valence-corrected chi connectivity index (χ4v) is 3.63. The van der Waals surface area contributed by atoms with Gasteiger partial charge < -0.3 is 14.2 Å². The highest BCUT2D eigenvalue weighted by atomic mass is 35.5. The number of aryl methyl sites for hydroxylation is 1. The first-order valence-electron chi connectivity index (χ1n) is 9.50. The Balaban J connectivity index is 2.15. The molecule has 0 saturated heterocycles. The van der Waals surface area contributed by atoms with Gasteiger partial charge in [0.15, 0.2) is 5.75 Å². The lowest BCUT2D eigenvalue weighted by atomic mass is 9.95. The third kappa shape index (κ3) is 6.69. The Hall–Kier alpha value is -2.17. The second-order valence-corrected chi connectivity index (χ2v) is 7.46. The van der Waals surface area contributed by atoms with Gasteiger partial charge in [0.1, 0.15) is 5.75 Å². The van der Waals surface area contributed by atoms with E-state index in [0.717, 1.165) is 11.1 Å². The molecule has 0 saturated carbocycles. The largest absolute Gasteiger partial charge is 0.466 e. The molecule has 0 aliphatic rings. The molecule has 0 bridgehead atoms. The fraction of sp³-hybridized carbons (Fsp3) is 0.348. The summed E-state index contributed by atoms with van der Waals surface area (Å²) in [5.74, 6) is 0.428. The minimum absolute atomic E-state index is 0.246. The molecule has 0 spiro atoms. The topological polar surface area (TPSA) is 44.8 Å². The number of hydrogen-bond donors (Lipinski definition) is 0. The molecule has 6 heteroatoms. The van der Waals surface area contributed by atoms with Gasteiger partial charge in [-0.2, -0.15) is 0 Å². The Bertz CT molecular complexity index is 828. The molecule has 4 nitrogen and oxygen atoms in total. The Kier molecular flexibility index (Phi) is 8.87. The van der Waals surface area contributed by atoms with Crippen LogP contribution in [-0.2, 0) is 16.0 Å². The van der Waals surface area contributed by atoms with Crippen molar-refractivity contribution in [1.82, 2.24) is 0 Å². The van der Waals surface area contributed by atoms with Crippen LogP contribution in [0.4, 0.5) is 0 Å². The summed E-state index contributed by atoms with van der Waals surface area (Å²) in [7, 11) is 0. The quantitative estimate of drug-likeness (QED) is 0.245. The first kappa shape index (κ1) is 23.1. The maximum atomic E-state index is 12.2. The predicted molar refractivity (Wildman–Crippen MR) is 117 cm³/mol. The predicted octanol–water partition coefficient (Wildman–Crippen LogP) is 6.40. The molecule has 156 valence electrons. The molecule has 0 N–H and O–H groups in total. The van der Waals surface area contributed by atoms with Gasteiger partial charge in [-0.05, 0) is 56.0 Å². The Morgan fingerprint density at radius 2 is 1.83 bits per heavy atom. The van der Waals surface area contributed by atoms with Crippen molar-refractivity contribution in [1.29, 1.82) is 0 Å². The number of para-hydroxylation sites is 1. The van der Waals surface area contributed by atoms with E-state index in [1.165, 1.54) is 0 Å². The summed E-state index contributed by atoms with van der Waals surface area (Å²) in [5.41, 5.74) is 1.82. The second kappa shape index (κ2) is 11.1. The molecule has 0 aliphatic heterocycles. The van der Waals surface area contributed by atoms with Gasteiger partial charge in [-0.25, -0.2) is 0 Å². The molecule has 0 aromatic heterocycles. The van der Waals surface area contributed by atoms with E-state index in [-0.39, 0.29) is 11.9 Å². The molecule has 0 radical (unpaired) electrons. The van der Waals surface area contributed by atoms with Gasteiger partial charge in [0.05, 0.1) is 22.6 Å². The third-order valence-corrected chi connectivity index (χ3v) is 4.79. The number of ether oxygens (including phenoxy) is 3. The van der Waals surface area contributed by atoms with Gasteiger partial charge >= 0.3 is 5.97 Å². The number of carbonyl (C=O) groups is 1. The van der Waals surface area contributed by atoms with Crippen molar-refractivity contribution in [2.45, 2.75) is 39.9 Å². The number of rotatable bonds is 10.